The molecule has 0 saturated heterocycles. The van der Waals surface area contributed by atoms with Gasteiger partial charge in [0.1, 0.15) is 22.4 Å². The summed E-state index contributed by atoms with van der Waals surface area (Å²) in [5.41, 5.74) is -2.24. The zero-order valence-electron chi connectivity index (χ0n) is 51.4. The second-order valence-electron chi connectivity index (χ2n) is 26.9. The third-order valence-corrected chi connectivity index (χ3v) is 18.2. The van der Waals surface area contributed by atoms with Crippen LogP contribution in [0.2, 0.25) is 0 Å². The van der Waals surface area contributed by atoms with Crippen LogP contribution in [0.3, 0.4) is 0 Å². The van der Waals surface area contributed by atoms with Gasteiger partial charge in [-0.2, -0.15) is 0 Å². The van der Waals surface area contributed by atoms with Gasteiger partial charge in [-0.1, -0.05) is 182 Å². The van der Waals surface area contributed by atoms with E-state index in [1.54, 1.807) is 0 Å². The molecule has 79 heavy (non-hydrogen) atoms. The highest BCUT2D eigenvalue weighted by Crippen LogP contribution is 2.38. The highest BCUT2D eigenvalue weighted by atomic mass is 16.6. The van der Waals surface area contributed by atoms with Crippen LogP contribution in [-0.4, -0.2) is 46.3 Å². The Morgan fingerprint density at radius 1 is 0.278 bits per heavy atom. The van der Waals surface area contributed by atoms with Crippen molar-refractivity contribution in [3.05, 3.63) is 0 Å². The molecule has 0 radical (unpaired) electrons. The van der Waals surface area contributed by atoms with Gasteiger partial charge in [0.2, 0.25) is 0 Å². The summed E-state index contributed by atoms with van der Waals surface area (Å²) >= 11 is 0. The Kier molecular flexibility index (Phi) is 48.5. The molecule has 478 valence electrons. The minimum absolute atomic E-state index is 0. The van der Waals surface area contributed by atoms with E-state index in [0.717, 1.165) is 83.5 Å². The van der Waals surface area contributed by atoms with Crippen LogP contribution in [0.1, 0.15) is 393 Å². The Morgan fingerprint density at radius 2 is 0.430 bits per heavy atom. The van der Waals surface area contributed by atoms with Crippen molar-refractivity contribution in [1.82, 2.24) is 0 Å². The first-order chi connectivity index (χ1) is 34.1. The molecule has 0 amide bonds. The molecule has 4 aliphatic rings. The normalized spacial score (nSPS) is 19.8. The first kappa shape index (κ1) is 88.1. The lowest BCUT2D eigenvalue weighted by atomic mass is 9.87. The highest BCUT2D eigenvalue weighted by Gasteiger charge is 2.40. The second kappa shape index (κ2) is 43.5. The Hall–Kier alpha value is -2.12. The third-order valence-electron chi connectivity index (χ3n) is 18.2. The van der Waals surface area contributed by atoms with Crippen LogP contribution in [-0.2, 0) is 38.1 Å². The first-order valence-corrected chi connectivity index (χ1v) is 31.1. The van der Waals surface area contributed by atoms with Crippen molar-refractivity contribution < 1.29 is 38.1 Å². The van der Waals surface area contributed by atoms with Gasteiger partial charge in [0.25, 0.3) is 0 Å². The molecular weight excluding hydrogens is 981 g/mol. The Morgan fingerprint density at radius 3 is 0.595 bits per heavy atom. The van der Waals surface area contributed by atoms with Gasteiger partial charge in [-0.15, -0.1) is 0 Å². The molecule has 0 atom stereocenters. The van der Waals surface area contributed by atoms with Crippen LogP contribution in [0, 0.1) is 21.7 Å². The van der Waals surface area contributed by atoms with Crippen molar-refractivity contribution in [3.63, 3.8) is 0 Å². The smallest absolute Gasteiger partial charge is 0.312 e. The van der Waals surface area contributed by atoms with Crippen molar-refractivity contribution in [1.29, 1.82) is 0 Å². The fourth-order valence-electron chi connectivity index (χ4n) is 10.0. The van der Waals surface area contributed by atoms with Crippen LogP contribution < -0.4 is 0 Å². The van der Waals surface area contributed by atoms with Gasteiger partial charge in [-0.3, -0.25) is 19.2 Å². The summed E-state index contributed by atoms with van der Waals surface area (Å²) in [4.78, 5) is 49.0. The van der Waals surface area contributed by atoms with Crippen LogP contribution in [0.25, 0.3) is 0 Å². The first-order valence-electron chi connectivity index (χ1n) is 31.1. The molecule has 8 heteroatoms. The number of rotatable bonds is 13. The molecule has 0 aromatic rings. The van der Waals surface area contributed by atoms with E-state index >= 15 is 0 Å². The van der Waals surface area contributed by atoms with E-state index in [0.29, 0.717) is 0 Å². The summed E-state index contributed by atoms with van der Waals surface area (Å²) in [6.45, 7) is 32.6. The maximum Gasteiger partial charge on any atom is 0.312 e. The Balaban J connectivity index is -0.000000220. The number of ether oxygens (including phenoxy) is 4. The summed E-state index contributed by atoms with van der Waals surface area (Å²) < 4.78 is 23.6. The Bertz CT molecular complexity index is 1500. The third kappa shape index (κ3) is 34.9. The van der Waals surface area contributed by atoms with E-state index in [-0.39, 0.29) is 113 Å². The lowest BCUT2D eigenvalue weighted by molar-refractivity contribution is -0.173. The molecule has 0 spiro atoms. The van der Waals surface area contributed by atoms with Crippen molar-refractivity contribution in [3.8, 4) is 0 Å². The average Bonchev–Trinajstić information content (AvgIpc) is 3.72. The van der Waals surface area contributed by atoms with E-state index in [1.807, 2.05) is 69.2 Å². The SMILES string of the molecule is C.C.C.C.C.C.CCC(C)(C)C(=O)OC1(C)CCCCCC1.CCC(C)(C)C(=O)OC1(C)CCCCCCCCC1.CCC(C)(C)C(=O)OC1(C)CCCCCCCCCCC1.CCC1(OC(=O)C(C)(C)CC)CCCCCC1. The van der Waals surface area contributed by atoms with E-state index in [9.17, 15) is 19.2 Å². The Labute approximate surface area is 496 Å². The fraction of sp³-hybridized carbons (Fsp3) is 0.944. The van der Waals surface area contributed by atoms with Gasteiger partial charge >= 0.3 is 23.9 Å². The molecule has 0 aromatic carbocycles. The molecule has 0 aliphatic heterocycles. The number of carbonyl (C=O) groups is 4. The molecule has 4 saturated carbocycles. The van der Waals surface area contributed by atoms with Gasteiger partial charge in [-0.05, 0) is 211 Å². The maximum absolute atomic E-state index is 12.4. The van der Waals surface area contributed by atoms with E-state index in [4.69, 9.17) is 18.9 Å². The lowest BCUT2D eigenvalue weighted by Gasteiger charge is -2.35. The van der Waals surface area contributed by atoms with E-state index < -0.39 is 0 Å². The van der Waals surface area contributed by atoms with E-state index in [1.165, 1.54) is 154 Å². The largest absolute Gasteiger partial charge is 0.459 e. The molecule has 8 nitrogen and oxygen atoms in total. The standard InChI is InChI=1S/C19H36O2.C17H32O2.C15H28O2.C14H26O2.6CH4/c1-5-18(2,3)17(20)21-19(4)15-13-11-9-7-6-8-10-12-14-16-19;1-5-16(2,3)15(18)19-17(4)13-11-9-7-6-8-10-12-14-17;1-5-14(3,4)13(16)17-15(6-2)11-9-7-8-10-12-15;1-5-13(2,3)12(15)16-14(4)10-8-6-7-9-11-14;;;;;;/h5-16H2,1-4H3;5-14H2,1-4H3;5-12H2,1-4H3;5-11H2,1-4H3;6*1H4. The maximum atomic E-state index is 12.4. The number of hydrogen-bond donors (Lipinski definition) is 0. The van der Waals surface area contributed by atoms with Crippen molar-refractivity contribution >= 4 is 23.9 Å². The molecule has 4 fully saturated rings. The van der Waals surface area contributed by atoms with Gasteiger partial charge in [0, 0.05) is 0 Å². The van der Waals surface area contributed by atoms with Gasteiger partial charge in [0.05, 0.1) is 21.7 Å². The summed E-state index contributed by atoms with van der Waals surface area (Å²) in [6.07, 6.45) is 43.3. The molecule has 0 aromatic heterocycles. The topological polar surface area (TPSA) is 105 Å². The van der Waals surface area contributed by atoms with E-state index in [2.05, 4.69) is 41.5 Å². The molecule has 4 rings (SSSR count). The number of carbonyl (C=O) groups excluding carboxylic acids is 4. The fourth-order valence-corrected chi connectivity index (χ4v) is 10.0. The zero-order chi connectivity index (χ0) is 55.3. The monoisotopic (exact) mass is 1130 g/mol. The van der Waals surface area contributed by atoms with Gasteiger partial charge < -0.3 is 18.9 Å². The number of esters is 4. The highest BCUT2D eigenvalue weighted by molar-refractivity contribution is 5.77. The van der Waals surface area contributed by atoms with Gasteiger partial charge in [0.15, 0.2) is 0 Å². The predicted molar refractivity (Wildman–Crippen MR) is 347 cm³/mol. The van der Waals surface area contributed by atoms with Gasteiger partial charge in [-0.25, -0.2) is 0 Å². The van der Waals surface area contributed by atoms with Crippen molar-refractivity contribution in [2.24, 2.45) is 21.7 Å². The minimum atomic E-state index is -0.354. The summed E-state index contributed by atoms with van der Waals surface area (Å²) in [6, 6.07) is 0. The second-order valence-corrected chi connectivity index (χ2v) is 26.9. The zero-order valence-corrected chi connectivity index (χ0v) is 51.4. The predicted octanol–water partition coefficient (Wildman–Crippen LogP) is 23.6. The van der Waals surface area contributed by atoms with Crippen LogP contribution in [0.5, 0.6) is 0 Å². The lowest BCUT2D eigenvalue weighted by Crippen LogP contribution is -2.39. The molecule has 0 N–H and O–H groups in total. The van der Waals surface area contributed by atoms with Crippen molar-refractivity contribution in [2.75, 3.05) is 0 Å². The summed E-state index contributed by atoms with van der Waals surface area (Å²) in [5.74, 6) is -0.0719. The molecule has 0 bridgehead atoms. The number of hydrogen-bond acceptors (Lipinski definition) is 8. The quantitative estimate of drug-likeness (QED) is 0.102. The molecule has 0 unspecified atom stereocenters. The average molecular weight is 1130 g/mol. The molecule has 0 heterocycles. The summed E-state index contributed by atoms with van der Waals surface area (Å²) in [7, 11) is 0. The van der Waals surface area contributed by atoms with Crippen molar-refractivity contribution in [2.45, 2.75) is 415 Å². The molecule has 4 aliphatic carbocycles. The molecular formula is C71H146O8. The van der Waals surface area contributed by atoms with Crippen LogP contribution in [0.15, 0.2) is 0 Å². The van der Waals surface area contributed by atoms with Crippen LogP contribution >= 0.6 is 0 Å². The minimum Gasteiger partial charge on any atom is -0.459 e. The summed E-state index contributed by atoms with van der Waals surface area (Å²) in [5, 5.41) is 0. The van der Waals surface area contributed by atoms with Crippen LogP contribution in [0.4, 0.5) is 0 Å².